The molecule has 0 atom stereocenters. The monoisotopic (exact) mass is 372 g/mol. The van der Waals surface area contributed by atoms with Crippen LogP contribution >= 0.6 is 27.7 Å². The molecule has 0 aliphatic carbocycles. The van der Waals surface area contributed by atoms with E-state index in [1.165, 1.54) is 56.8 Å². The molecule has 118 valence electrons. The van der Waals surface area contributed by atoms with Gasteiger partial charge in [0.2, 0.25) is 5.88 Å². The van der Waals surface area contributed by atoms with Gasteiger partial charge in [0.15, 0.2) is 0 Å². The molecule has 0 spiro atoms. The average molecular weight is 373 g/mol. The Morgan fingerprint density at radius 2 is 1.95 bits per heavy atom. The van der Waals surface area contributed by atoms with Crippen molar-refractivity contribution in [1.29, 1.82) is 0 Å². The van der Waals surface area contributed by atoms with Crippen LogP contribution in [0.25, 0.3) is 0 Å². The molecule has 5 heteroatoms. The molecule has 3 nitrogen and oxygen atoms in total. The first-order chi connectivity index (χ1) is 10.3. The number of nitrogens with zero attached hydrogens (tertiary/aromatic N) is 2. The Labute approximate surface area is 141 Å². The fraction of sp³-hybridized carbons (Fsp3) is 0.688. The number of halogens is 1. The van der Waals surface area contributed by atoms with Crippen LogP contribution in [0.3, 0.4) is 0 Å². The Balaban J connectivity index is 1.37. The fourth-order valence-electron chi connectivity index (χ4n) is 2.40. The lowest BCUT2D eigenvalue weighted by Crippen LogP contribution is -2.20. The van der Waals surface area contributed by atoms with Crippen molar-refractivity contribution >= 4 is 27.7 Å². The minimum atomic E-state index is 0.724. The molecular formula is C16H25BrN2OS. The largest absolute Gasteiger partial charge is 0.478 e. The minimum absolute atomic E-state index is 0.724. The van der Waals surface area contributed by atoms with Crippen molar-refractivity contribution in [2.24, 2.45) is 0 Å². The number of hydrogen-bond donors (Lipinski definition) is 0. The summed E-state index contributed by atoms with van der Waals surface area (Å²) in [5, 5.41) is 0. The van der Waals surface area contributed by atoms with Gasteiger partial charge in [-0.25, -0.2) is 4.98 Å². The van der Waals surface area contributed by atoms with Crippen LogP contribution in [0.15, 0.2) is 22.8 Å². The van der Waals surface area contributed by atoms with E-state index in [0.717, 1.165) is 23.4 Å². The third-order valence-corrected chi connectivity index (χ3v) is 5.13. The topological polar surface area (TPSA) is 25.4 Å². The number of hydrogen-bond acceptors (Lipinski definition) is 4. The molecule has 1 aliphatic heterocycles. The number of rotatable bonds is 10. The molecule has 0 amide bonds. The summed E-state index contributed by atoms with van der Waals surface area (Å²) in [4.78, 5) is 6.77. The standard InChI is InChI=1S/C16H25BrN2OS/c17-15-7-8-16(18-13-15)20-11-6-4-2-1-3-5-9-19-10-12-21-14-19/h7-8,13H,1-6,9-12,14H2. The molecule has 1 fully saturated rings. The second kappa shape index (κ2) is 10.5. The zero-order valence-electron chi connectivity index (χ0n) is 12.6. The van der Waals surface area contributed by atoms with Crippen LogP contribution < -0.4 is 4.74 Å². The van der Waals surface area contributed by atoms with Gasteiger partial charge in [-0.2, -0.15) is 0 Å². The second-order valence-corrected chi connectivity index (χ2v) is 7.43. The molecule has 1 aromatic rings. The Morgan fingerprint density at radius 1 is 1.14 bits per heavy atom. The lowest BCUT2D eigenvalue weighted by atomic mass is 10.1. The second-order valence-electron chi connectivity index (χ2n) is 5.44. The minimum Gasteiger partial charge on any atom is -0.478 e. The normalized spacial score (nSPS) is 15.5. The predicted octanol–water partition coefficient (Wildman–Crippen LogP) is 4.57. The lowest BCUT2D eigenvalue weighted by Gasteiger charge is -2.12. The van der Waals surface area contributed by atoms with Gasteiger partial charge in [0, 0.05) is 34.9 Å². The Bertz CT molecular complexity index is 382. The van der Waals surface area contributed by atoms with E-state index in [4.69, 9.17) is 4.74 Å². The van der Waals surface area contributed by atoms with Crippen LogP contribution in [0.2, 0.25) is 0 Å². The van der Waals surface area contributed by atoms with E-state index in [1.807, 2.05) is 12.1 Å². The molecule has 1 aromatic heterocycles. The van der Waals surface area contributed by atoms with E-state index in [-0.39, 0.29) is 0 Å². The molecule has 2 heterocycles. The molecule has 0 radical (unpaired) electrons. The zero-order valence-corrected chi connectivity index (χ0v) is 15.0. The summed E-state index contributed by atoms with van der Waals surface area (Å²) >= 11 is 5.43. The maximum atomic E-state index is 5.62. The van der Waals surface area contributed by atoms with Crippen LogP contribution in [0, 0.1) is 0 Å². The quantitative estimate of drug-likeness (QED) is 0.561. The van der Waals surface area contributed by atoms with Gasteiger partial charge in [-0.3, -0.25) is 4.90 Å². The number of pyridine rings is 1. The van der Waals surface area contributed by atoms with E-state index in [1.54, 1.807) is 6.20 Å². The summed E-state index contributed by atoms with van der Waals surface area (Å²) in [7, 11) is 0. The highest BCUT2D eigenvalue weighted by molar-refractivity contribution is 9.10. The maximum Gasteiger partial charge on any atom is 0.213 e. The number of unbranched alkanes of at least 4 members (excludes halogenated alkanes) is 5. The fourth-order valence-corrected chi connectivity index (χ4v) is 3.66. The van der Waals surface area contributed by atoms with E-state index in [9.17, 15) is 0 Å². The van der Waals surface area contributed by atoms with Crippen molar-refractivity contribution in [3.05, 3.63) is 22.8 Å². The van der Waals surface area contributed by atoms with Gasteiger partial charge in [0.05, 0.1) is 6.61 Å². The van der Waals surface area contributed by atoms with Gasteiger partial charge in [0.1, 0.15) is 0 Å². The summed E-state index contributed by atoms with van der Waals surface area (Å²) in [6.45, 7) is 3.37. The summed E-state index contributed by atoms with van der Waals surface area (Å²) in [6, 6.07) is 3.86. The van der Waals surface area contributed by atoms with Gasteiger partial charge < -0.3 is 4.74 Å². The predicted molar refractivity (Wildman–Crippen MR) is 94.0 cm³/mol. The van der Waals surface area contributed by atoms with Crippen LogP contribution in [0.5, 0.6) is 5.88 Å². The Hall–Kier alpha value is -0.260. The van der Waals surface area contributed by atoms with E-state index >= 15 is 0 Å². The van der Waals surface area contributed by atoms with Gasteiger partial charge in [-0.05, 0) is 41.4 Å². The third-order valence-electron chi connectivity index (χ3n) is 3.64. The Morgan fingerprint density at radius 3 is 2.67 bits per heavy atom. The van der Waals surface area contributed by atoms with Crippen LogP contribution in [-0.2, 0) is 0 Å². The van der Waals surface area contributed by atoms with Crippen molar-refractivity contribution in [1.82, 2.24) is 9.88 Å². The van der Waals surface area contributed by atoms with Crippen molar-refractivity contribution < 1.29 is 4.74 Å². The number of ether oxygens (including phenoxy) is 1. The summed E-state index contributed by atoms with van der Waals surface area (Å²) < 4.78 is 6.60. The first-order valence-corrected chi connectivity index (χ1v) is 9.84. The maximum absolute atomic E-state index is 5.62. The van der Waals surface area contributed by atoms with Gasteiger partial charge in [-0.1, -0.05) is 25.7 Å². The highest BCUT2D eigenvalue weighted by Crippen LogP contribution is 2.15. The molecule has 0 bridgehead atoms. The van der Waals surface area contributed by atoms with Crippen molar-refractivity contribution in [2.45, 2.75) is 38.5 Å². The number of aromatic nitrogens is 1. The lowest BCUT2D eigenvalue weighted by molar-refractivity contribution is 0.292. The average Bonchev–Trinajstić information content (AvgIpc) is 3.01. The summed E-state index contributed by atoms with van der Waals surface area (Å²) in [5.74, 6) is 3.30. The highest BCUT2D eigenvalue weighted by atomic mass is 79.9. The molecular weight excluding hydrogens is 348 g/mol. The van der Waals surface area contributed by atoms with Crippen molar-refractivity contribution in [3.63, 3.8) is 0 Å². The molecule has 1 saturated heterocycles. The van der Waals surface area contributed by atoms with E-state index in [0.29, 0.717) is 0 Å². The molecule has 2 rings (SSSR count). The molecule has 0 N–H and O–H groups in total. The SMILES string of the molecule is Brc1ccc(OCCCCCCCCN2CCSC2)nc1. The first kappa shape index (κ1) is 17.1. The summed E-state index contributed by atoms with van der Waals surface area (Å²) in [6.07, 6.45) is 9.57. The number of thioether (sulfide) groups is 1. The van der Waals surface area contributed by atoms with Gasteiger partial charge in [0.25, 0.3) is 0 Å². The van der Waals surface area contributed by atoms with Crippen LogP contribution in [0.1, 0.15) is 38.5 Å². The van der Waals surface area contributed by atoms with E-state index < -0.39 is 0 Å². The Kier molecular flexibility index (Phi) is 8.52. The third kappa shape index (κ3) is 7.52. The molecule has 0 unspecified atom stereocenters. The first-order valence-electron chi connectivity index (χ1n) is 7.89. The van der Waals surface area contributed by atoms with E-state index in [2.05, 4.69) is 37.6 Å². The van der Waals surface area contributed by atoms with Crippen LogP contribution in [0.4, 0.5) is 0 Å². The molecule has 0 saturated carbocycles. The van der Waals surface area contributed by atoms with Gasteiger partial charge >= 0.3 is 0 Å². The smallest absolute Gasteiger partial charge is 0.213 e. The van der Waals surface area contributed by atoms with Gasteiger partial charge in [-0.15, -0.1) is 11.8 Å². The molecule has 1 aliphatic rings. The van der Waals surface area contributed by atoms with Crippen LogP contribution in [-0.4, -0.2) is 41.2 Å². The summed E-state index contributed by atoms with van der Waals surface area (Å²) in [5.41, 5.74) is 0. The highest BCUT2D eigenvalue weighted by Gasteiger charge is 2.10. The van der Waals surface area contributed by atoms with Crippen molar-refractivity contribution in [3.8, 4) is 5.88 Å². The van der Waals surface area contributed by atoms with Crippen molar-refractivity contribution in [2.75, 3.05) is 31.3 Å². The molecule has 0 aromatic carbocycles. The molecule has 21 heavy (non-hydrogen) atoms. The zero-order chi connectivity index (χ0) is 14.8.